The SMILES string of the molecule is O=C(c1ccccc1C(F)(F)F)c1ncccc1F. The van der Waals surface area contributed by atoms with Crippen molar-refractivity contribution in [3.05, 3.63) is 65.2 Å². The maximum atomic E-state index is 13.4. The maximum absolute atomic E-state index is 13.4. The van der Waals surface area contributed by atoms with Gasteiger partial charge in [0.05, 0.1) is 5.56 Å². The van der Waals surface area contributed by atoms with E-state index in [1.165, 1.54) is 12.1 Å². The fourth-order valence-corrected chi connectivity index (χ4v) is 1.61. The number of ketones is 1. The van der Waals surface area contributed by atoms with Gasteiger partial charge in [0.2, 0.25) is 5.78 Å². The molecule has 0 fully saturated rings. The summed E-state index contributed by atoms with van der Waals surface area (Å²) in [7, 11) is 0. The van der Waals surface area contributed by atoms with Crippen LogP contribution >= 0.6 is 0 Å². The Morgan fingerprint density at radius 2 is 1.74 bits per heavy atom. The first-order chi connectivity index (χ1) is 8.91. The first kappa shape index (κ1) is 13.2. The van der Waals surface area contributed by atoms with E-state index in [1.807, 2.05) is 0 Å². The molecule has 1 heterocycles. The number of carbonyl (C=O) groups is 1. The summed E-state index contributed by atoms with van der Waals surface area (Å²) >= 11 is 0. The number of pyridine rings is 1. The van der Waals surface area contributed by atoms with Crippen LogP contribution in [0.1, 0.15) is 21.6 Å². The summed E-state index contributed by atoms with van der Waals surface area (Å²) in [6.07, 6.45) is -3.54. The molecular weight excluding hydrogens is 262 g/mol. The van der Waals surface area contributed by atoms with Crippen molar-refractivity contribution >= 4 is 5.78 Å². The number of carbonyl (C=O) groups excluding carboxylic acids is 1. The molecule has 0 saturated heterocycles. The van der Waals surface area contributed by atoms with E-state index in [9.17, 15) is 22.4 Å². The average Bonchev–Trinajstić information content (AvgIpc) is 2.37. The topological polar surface area (TPSA) is 30.0 Å². The summed E-state index contributed by atoms with van der Waals surface area (Å²) in [6, 6.07) is 6.43. The second-order valence-electron chi connectivity index (χ2n) is 3.71. The highest BCUT2D eigenvalue weighted by atomic mass is 19.4. The van der Waals surface area contributed by atoms with Crippen molar-refractivity contribution in [2.75, 3.05) is 0 Å². The number of halogens is 4. The van der Waals surface area contributed by atoms with Crippen molar-refractivity contribution in [3.8, 4) is 0 Å². The maximum Gasteiger partial charge on any atom is 0.417 e. The minimum Gasteiger partial charge on any atom is -0.287 e. The predicted octanol–water partition coefficient (Wildman–Crippen LogP) is 3.47. The van der Waals surface area contributed by atoms with Crippen LogP contribution < -0.4 is 0 Å². The van der Waals surface area contributed by atoms with Gasteiger partial charge in [0.25, 0.3) is 0 Å². The molecule has 2 nitrogen and oxygen atoms in total. The Kier molecular flexibility index (Phi) is 3.33. The van der Waals surface area contributed by atoms with Crippen molar-refractivity contribution in [2.45, 2.75) is 6.18 Å². The smallest absolute Gasteiger partial charge is 0.287 e. The number of alkyl halides is 3. The molecule has 2 aromatic rings. The molecule has 6 heteroatoms. The molecule has 2 rings (SSSR count). The molecular formula is C13H7F4NO. The molecule has 0 unspecified atom stereocenters. The third kappa shape index (κ3) is 2.62. The minimum absolute atomic E-state index is 0.618. The van der Waals surface area contributed by atoms with Gasteiger partial charge in [-0.05, 0) is 18.2 Å². The van der Waals surface area contributed by atoms with E-state index in [0.717, 1.165) is 30.5 Å². The zero-order chi connectivity index (χ0) is 14.0. The van der Waals surface area contributed by atoms with Crippen LogP contribution in [0.5, 0.6) is 0 Å². The molecule has 0 bridgehead atoms. The highest BCUT2D eigenvalue weighted by molar-refractivity contribution is 6.08. The monoisotopic (exact) mass is 269 g/mol. The third-order valence-electron chi connectivity index (χ3n) is 2.45. The summed E-state index contributed by atoms with van der Waals surface area (Å²) in [4.78, 5) is 15.4. The third-order valence-corrected chi connectivity index (χ3v) is 2.45. The lowest BCUT2D eigenvalue weighted by Crippen LogP contribution is -2.15. The molecule has 0 aliphatic carbocycles. The van der Waals surface area contributed by atoms with Crippen LogP contribution in [-0.2, 0) is 6.18 Å². The van der Waals surface area contributed by atoms with Gasteiger partial charge >= 0.3 is 6.18 Å². The zero-order valence-electron chi connectivity index (χ0n) is 9.41. The number of aromatic nitrogens is 1. The van der Waals surface area contributed by atoms with Gasteiger partial charge in [-0.1, -0.05) is 18.2 Å². The summed E-state index contributed by atoms with van der Waals surface area (Å²) < 4.78 is 51.7. The fraction of sp³-hybridized carbons (Fsp3) is 0.0769. The lowest BCUT2D eigenvalue weighted by Gasteiger charge is -2.11. The van der Waals surface area contributed by atoms with Gasteiger partial charge in [0.1, 0.15) is 5.69 Å². The number of benzene rings is 1. The second-order valence-corrected chi connectivity index (χ2v) is 3.71. The van der Waals surface area contributed by atoms with Crippen LogP contribution in [0, 0.1) is 5.82 Å². The molecule has 0 amide bonds. The molecule has 19 heavy (non-hydrogen) atoms. The van der Waals surface area contributed by atoms with E-state index in [0.29, 0.717) is 0 Å². The van der Waals surface area contributed by atoms with Crippen LogP contribution in [0.3, 0.4) is 0 Å². The molecule has 98 valence electrons. The van der Waals surface area contributed by atoms with Crippen LogP contribution in [0.15, 0.2) is 42.6 Å². The number of hydrogen-bond donors (Lipinski definition) is 0. The van der Waals surface area contributed by atoms with Crippen molar-refractivity contribution in [1.82, 2.24) is 4.98 Å². The van der Waals surface area contributed by atoms with Gasteiger partial charge in [-0.25, -0.2) is 9.37 Å². The summed E-state index contributed by atoms with van der Waals surface area (Å²) in [5, 5.41) is 0. The van der Waals surface area contributed by atoms with Gasteiger partial charge in [-0.3, -0.25) is 4.79 Å². The number of nitrogens with zero attached hydrogens (tertiary/aromatic N) is 1. The fourth-order valence-electron chi connectivity index (χ4n) is 1.61. The average molecular weight is 269 g/mol. The molecule has 0 radical (unpaired) electrons. The van der Waals surface area contributed by atoms with Gasteiger partial charge in [0, 0.05) is 11.8 Å². The molecule has 0 aliphatic rings. The van der Waals surface area contributed by atoms with Crippen molar-refractivity contribution in [3.63, 3.8) is 0 Å². The van der Waals surface area contributed by atoms with Crippen LogP contribution in [0.25, 0.3) is 0 Å². The van der Waals surface area contributed by atoms with Crippen LogP contribution in [0.2, 0.25) is 0 Å². The first-order valence-electron chi connectivity index (χ1n) is 5.22. The van der Waals surface area contributed by atoms with E-state index < -0.39 is 34.6 Å². The van der Waals surface area contributed by atoms with Gasteiger partial charge < -0.3 is 0 Å². The first-order valence-corrected chi connectivity index (χ1v) is 5.22. The minimum atomic E-state index is -4.68. The lowest BCUT2D eigenvalue weighted by molar-refractivity contribution is -0.137. The Labute approximate surface area is 105 Å². The number of hydrogen-bond acceptors (Lipinski definition) is 2. The predicted molar refractivity (Wildman–Crippen MR) is 59.1 cm³/mol. The zero-order valence-corrected chi connectivity index (χ0v) is 9.41. The van der Waals surface area contributed by atoms with Gasteiger partial charge in [-0.2, -0.15) is 13.2 Å². The number of rotatable bonds is 2. The largest absolute Gasteiger partial charge is 0.417 e. The van der Waals surface area contributed by atoms with E-state index in [2.05, 4.69) is 4.98 Å². The summed E-state index contributed by atoms with van der Waals surface area (Å²) in [5.41, 5.74) is -2.35. The van der Waals surface area contributed by atoms with Crippen LogP contribution in [0.4, 0.5) is 17.6 Å². The van der Waals surface area contributed by atoms with E-state index >= 15 is 0 Å². The lowest BCUT2D eigenvalue weighted by atomic mass is 10.0. The van der Waals surface area contributed by atoms with Gasteiger partial charge in [-0.15, -0.1) is 0 Å². The summed E-state index contributed by atoms with van der Waals surface area (Å²) in [6.45, 7) is 0. The molecule has 1 aromatic heterocycles. The van der Waals surface area contributed by atoms with Gasteiger partial charge in [0.15, 0.2) is 5.82 Å². The Hall–Kier alpha value is -2.24. The molecule has 0 N–H and O–H groups in total. The second kappa shape index (κ2) is 4.79. The quantitative estimate of drug-likeness (QED) is 0.617. The Balaban J connectivity index is 2.55. The van der Waals surface area contributed by atoms with Crippen molar-refractivity contribution in [2.24, 2.45) is 0 Å². The Bertz CT molecular complexity index is 622. The highest BCUT2D eigenvalue weighted by Crippen LogP contribution is 2.32. The van der Waals surface area contributed by atoms with Crippen molar-refractivity contribution in [1.29, 1.82) is 0 Å². The highest BCUT2D eigenvalue weighted by Gasteiger charge is 2.35. The Morgan fingerprint density at radius 3 is 2.37 bits per heavy atom. The van der Waals surface area contributed by atoms with E-state index in [1.54, 1.807) is 0 Å². The molecule has 0 spiro atoms. The Morgan fingerprint density at radius 1 is 1.05 bits per heavy atom. The van der Waals surface area contributed by atoms with Crippen molar-refractivity contribution < 1.29 is 22.4 Å². The standard InChI is InChI=1S/C13H7F4NO/c14-10-6-3-7-18-11(10)12(19)8-4-1-2-5-9(8)13(15,16)17/h1-7H. The normalized spacial score (nSPS) is 11.4. The summed E-state index contributed by atoms with van der Waals surface area (Å²) in [5.74, 6) is -2.05. The molecule has 1 aromatic carbocycles. The molecule has 0 saturated carbocycles. The molecule has 0 aliphatic heterocycles. The molecule has 0 atom stereocenters. The van der Waals surface area contributed by atoms with Crippen LogP contribution in [-0.4, -0.2) is 10.8 Å². The van der Waals surface area contributed by atoms with E-state index in [-0.39, 0.29) is 0 Å². The van der Waals surface area contributed by atoms with E-state index in [4.69, 9.17) is 0 Å².